The molecule has 2 aliphatic rings. The number of nitrogens with zero attached hydrogens (tertiary/aromatic N) is 2. The van der Waals surface area contributed by atoms with Crippen LogP contribution in [0.5, 0.6) is 0 Å². The second-order valence-corrected chi connectivity index (χ2v) is 13.1. The van der Waals surface area contributed by atoms with Crippen LogP contribution in [0.4, 0.5) is 11.4 Å². The molecular formula is C31H40N2O5P+. The van der Waals surface area contributed by atoms with Crippen molar-refractivity contribution in [1.82, 2.24) is 0 Å². The lowest BCUT2D eigenvalue weighted by atomic mass is 9.81. The van der Waals surface area contributed by atoms with Gasteiger partial charge in [0, 0.05) is 47.5 Å². The molecule has 0 saturated carbocycles. The molecule has 2 aliphatic heterocycles. The molecule has 0 aromatic heterocycles. The van der Waals surface area contributed by atoms with Crippen molar-refractivity contribution in [3.05, 3.63) is 83.6 Å². The maximum absolute atomic E-state index is 12.5. The fourth-order valence-electron chi connectivity index (χ4n) is 5.88. The lowest BCUT2D eigenvalue weighted by Crippen LogP contribution is -2.29. The smallest absolute Gasteiger partial charge is 0.329 e. The summed E-state index contributed by atoms with van der Waals surface area (Å²) in [6, 6.07) is 16.5. The Morgan fingerprint density at radius 1 is 1.05 bits per heavy atom. The first-order chi connectivity index (χ1) is 18.4. The number of carboxylic acids is 1. The summed E-state index contributed by atoms with van der Waals surface area (Å²) in [5.74, 6) is -0.788. The third-order valence-electron chi connectivity index (χ3n) is 7.82. The van der Waals surface area contributed by atoms with Crippen molar-refractivity contribution in [2.24, 2.45) is 0 Å². The fourth-order valence-corrected chi connectivity index (χ4v) is 6.86. The van der Waals surface area contributed by atoms with Crippen LogP contribution in [0.2, 0.25) is 0 Å². The second kappa shape index (κ2) is 11.2. The minimum Gasteiger partial charge on any atom is -0.481 e. The Morgan fingerprint density at radius 2 is 1.72 bits per heavy atom. The van der Waals surface area contributed by atoms with Crippen LogP contribution < -0.4 is 4.90 Å². The maximum Gasteiger partial charge on any atom is 0.329 e. The molecule has 4 rings (SSSR count). The molecule has 208 valence electrons. The number of fused-ring (bicyclic) bond motifs is 2. The summed E-state index contributed by atoms with van der Waals surface area (Å²) in [6.45, 7) is 11.6. The van der Waals surface area contributed by atoms with Gasteiger partial charge >= 0.3 is 13.6 Å². The monoisotopic (exact) mass is 551 g/mol. The van der Waals surface area contributed by atoms with E-state index in [-0.39, 0.29) is 30.0 Å². The molecule has 0 amide bonds. The number of allylic oxidation sites excluding steroid dienone is 4. The molecule has 1 unspecified atom stereocenters. The predicted octanol–water partition coefficient (Wildman–Crippen LogP) is 6.39. The fraction of sp³-hybridized carbons (Fsp3) is 0.419. The van der Waals surface area contributed by atoms with Crippen molar-refractivity contribution < 1.29 is 28.5 Å². The van der Waals surface area contributed by atoms with Crippen LogP contribution in [0.15, 0.2) is 72.5 Å². The largest absolute Gasteiger partial charge is 0.481 e. The standard InChI is InChI=1S/C31H39N2O5P/c1-6-38-39(36,37)22-21-33-26-16-10-8-14-24(26)31(4,5)28(33)18-11-17-27-30(2,3)23-13-7-9-15-25(23)32(27)20-12-19-29(34)35/h7-11,13-18H,6,12,19-22H2,1-5H3,(H-,34,35,36,37)/p+1. The van der Waals surface area contributed by atoms with Gasteiger partial charge in [0.15, 0.2) is 5.71 Å². The van der Waals surface area contributed by atoms with Gasteiger partial charge in [-0.2, -0.15) is 4.58 Å². The average molecular weight is 552 g/mol. The number of anilines is 1. The zero-order valence-electron chi connectivity index (χ0n) is 23.6. The predicted molar refractivity (Wildman–Crippen MR) is 156 cm³/mol. The quantitative estimate of drug-likeness (QED) is 0.249. The Labute approximate surface area is 231 Å². The van der Waals surface area contributed by atoms with Crippen LogP contribution in [-0.4, -0.2) is 52.1 Å². The zero-order valence-corrected chi connectivity index (χ0v) is 24.4. The number of hydrogen-bond donors (Lipinski definition) is 2. The third kappa shape index (κ3) is 5.81. The highest BCUT2D eigenvalue weighted by Crippen LogP contribution is 2.49. The van der Waals surface area contributed by atoms with Gasteiger partial charge in [0.2, 0.25) is 5.69 Å². The highest BCUT2D eigenvalue weighted by molar-refractivity contribution is 7.52. The van der Waals surface area contributed by atoms with Gasteiger partial charge in [-0.05, 0) is 38.5 Å². The molecule has 2 heterocycles. The molecule has 2 aromatic carbocycles. The molecule has 2 aromatic rings. The first-order valence-corrected chi connectivity index (χ1v) is 15.3. The number of aliphatic carboxylic acids is 1. The lowest BCUT2D eigenvalue weighted by molar-refractivity contribution is -0.438. The molecular weight excluding hydrogens is 511 g/mol. The minimum absolute atomic E-state index is 0.0311. The molecule has 0 saturated heterocycles. The molecule has 0 spiro atoms. The molecule has 8 heteroatoms. The van der Waals surface area contributed by atoms with E-state index in [0.717, 1.165) is 22.8 Å². The average Bonchev–Trinajstić information content (AvgIpc) is 3.22. The normalized spacial score (nSPS) is 19.9. The first kappa shape index (κ1) is 29.0. The summed E-state index contributed by atoms with van der Waals surface area (Å²) in [4.78, 5) is 23.6. The second-order valence-electron chi connectivity index (χ2n) is 11.2. The number of carboxylic acid groups (broad SMARTS) is 1. The van der Waals surface area contributed by atoms with E-state index >= 15 is 0 Å². The van der Waals surface area contributed by atoms with E-state index in [9.17, 15) is 19.4 Å². The van der Waals surface area contributed by atoms with Crippen LogP contribution in [0.3, 0.4) is 0 Å². The van der Waals surface area contributed by atoms with Crippen LogP contribution >= 0.6 is 7.60 Å². The van der Waals surface area contributed by atoms with E-state index in [1.54, 1.807) is 6.92 Å². The Balaban J connectivity index is 1.71. The Bertz CT molecular complexity index is 1390. The highest BCUT2D eigenvalue weighted by Gasteiger charge is 2.44. The Morgan fingerprint density at radius 3 is 2.41 bits per heavy atom. The van der Waals surface area contributed by atoms with Crippen molar-refractivity contribution in [2.75, 3.05) is 30.8 Å². The van der Waals surface area contributed by atoms with E-state index in [1.165, 1.54) is 11.1 Å². The van der Waals surface area contributed by atoms with Gasteiger partial charge < -0.3 is 19.4 Å². The lowest BCUT2D eigenvalue weighted by Gasteiger charge is -2.27. The van der Waals surface area contributed by atoms with Crippen LogP contribution in [0, 0.1) is 0 Å². The van der Waals surface area contributed by atoms with Crippen LogP contribution in [0.25, 0.3) is 0 Å². The first-order valence-electron chi connectivity index (χ1n) is 13.6. The van der Waals surface area contributed by atoms with E-state index in [4.69, 9.17) is 4.52 Å². The van der Waals surface area contributed by atoms with E-state index in [2.05, 4.69) is 79.7 Å². The molecule has 39 heavy (non-hydrogen) atoms. The van der Waals surface area contributed by atoms with Gasteiger partial charge in [-0.15, -0.1) is 0 Å². The Kier molecular flexibility index (Phi) is 8.36. The van der Waals surface area contributed by atoms with Gasteiger partial charge in [-0.25, -0.2) is 0 Å². The number of rotatable bonds is 11. The van der Waals surface area contributed by atoms with E-state index in [1.807, 2.05) is 24.3 Å². The molecule has 1 atom stereocenters. The molecule has 0 aliphatic carbocycles. The summed E-state index contributed by atoms with van der Waals surface area (Å²) in [5, 5.41) is 9.19. The Hall–Kier alpha value is -2.99. The summed E-state index contributed by atoms with van der Waals surface area (Å²) < 4.78 is 19.9. The molecule has 0 bridgehead atoms. The van der Waals surface area contributed by atoms with Gasteiger partial charge in [0.25, 0.3) is 0 Å². The summed E-state index contributed by atoms with van der Waals surface area (Å²) >= 11 is 0. The van der Waals surface area contributed by atoms with E-state index < -0.39 is 13.6 Å². The SMILES string of the molecule is CCOP(=O)(O)CCN1/C(=C/C=C/C2=[N+](CCCC(=O)O)c3ccccc3C2(C)C)C(C)(C)c2ccccc21. The van der Waals surface area contributed by atoms with Crippen molar-refractivity contribution in [2.45, 2.75) is 58.3 Å². The van der Waals surface area contributed by atoms with Crippen molar-refractivity contribution in [3.8, 4) is 0 Å². The minimum atomic E-state index is -3.68. The summed E-state index contributed by atoms with van der Waals surface area (Å²) in [5.41, 5.74) is 6.16. The summed E-state index contributed by atoms with van der Waals surface area (Å²) in [7, 11) is -3.68. The zero-order chi connectivity index (χ0) is 28.4. The number of benzene rings is 2. The molecule has 7 nitrogen and oxygen atoms in total. The topological polar surface area (TPSA) is 90.1 Å². The number of para-hydroxylation sites is 2. The summed E-state index contributed by atoms with van der Waals surface area (Å²) in [6.07, 6.45) is 6.99. The highest BCUT2D eigenvalue weighted by atomic mass is 31.2. The number of hydrogen-bond acceptors (Lipinski definition) is 4. The van der Waals surface area contributed by atoms with Gasteiger partial charge in [0.1, 0.15) is 6.54 Å². The maximum atomic E-state index is 12.5. The molecule has 0 fully saturated rings. The number of carbonyl (C=O) groups is 1. The van der Waals surface area contributed by atoms with Gasteiger partial charge in [0.05, 0.1) is 24.6 Å². The molecule has 2 N–H and O–H groups in total. The van der Waals surface area contributed by atoms with Gasteiger partial charge in [-0.1, -0.05) is 56.3 Å². The molecule has 0 radical (unpaired) electrons. The van der Waals surface area contributed by atoms with Crippen LogP contribution in [-0.2, 0) is 24.7 Å². The van der Waals surface area contributed by atoms with Crippen LogP contribution in [0.1, 0.15) is 58.6 Å². The van der Waals surface area contributed by atoms with Crippen molar-refractivity contribution >= 4 is 30.7 Å². The van der Waals surface area contributed by atoms with Crippen molar-refractivity contribution in [1.29, 1.82) is 0 Å². The van der Waals surface area contributed by atoms with Gasteiger partial charge in [-0.3, -0.25) is 9.36 Å². The van der Waals surface area contributed by atoms with Crippen molar-refractivity contribution in [3.63, 3.8) is 0 Å². The van der Waals surface area contributed by atoms with E-state index in [0.29, 0.717) is 19.5 Å². The third-order valence-corrected chi connectivity index (χ3v) is 9.24.